The van der Waals surface area contributed by atoms with Crippen LogP contribution in [0.25, 0.3) is 0 Å². The third kappa shape index (κ3) is 2.59. The quantitative estimate of drug-likeness (QED) is 0.683. The summed E-state index contributed by atoms with van der Waals surface area (Å²) in [7, 11) is 0. The minimum absolute atomic E-state index is 0.0886. The molecule has 1 aromatic rings. The van der Waals surface area contributed by atoms with Gasteiger partial charge in [-0.05, 0) is 18.4 Å². The molecule has 0 bridgehead atoms. The molecule has 0 spiro atoms. The highest BCUT2D eigenvalue weighted by atomic mass is 19.4. The number of alkyl halides is 3. The first-order valence-electron chi connectivity index (χ1n) is 5.85. The summed E-state index contributed by atoms with van der Waals surface area (Å²) < 4.78 is 38.0. The van der Waals surface area contributed by atoms with Crippen LogP contribution >= 0.6 is 0 Å². The molecule has 1 fully saturated rings. The van der Waals surface area contributed by atoms with Crippen molar-refractivity contribution in [3.63, 3.8) is 0 Å². The van der Waals surface area contributed by atoms with E-state index in [-0.39, 0.29) is 25.1 Å². The molecule has 1 aliphatic rings. The zero-order valence-corrected chi connectivity index (χ0v) is 10.2. The molecule has 1 amide bonds. The summed E-state index contributed by atoms with van der Waals surface area (Å²) in [5.74, 6) is -1.04. The monoisotopic (exact) mass is 288 g/mol. The summed E-state index contributed by atoms with van der Waals surface area (Å²) >= 11 is 0. The van der Waals surface area contributed by atoms with Crippen molar-refractivity contribution in [3.05, 3.63) is 39.9 Å². The topological polar surface area (TPSA) is 72.2 Å². The fraction of sp³-hybridized carbons (Fsp3) is 0.417. The van der Waals surface area contributed by atoms with Gasteiger partial charge in [0.1, 0.15) is 5.41 Å². The van der Waals surface area contributed by atoms with Crippen LogP contribution in [0.2, 0.25) is 0 Å². The molecule has 2 rings (SSSR count). The number of carbonyl (C=O) groups excluding carboxylic acids is 1. The highest BCUT2D eigenvalue weighted by Gasteiger charge is 2.68. The van der Waals surface area contributed by atoms with Crippen molar-refractivity contribution in [1.82, 2.24) is 5.32 Å². The Balaban J connectivity index is 1.96. The van der Waals surface area contributed by atoms with Crippen LogP contribution in [0, 0.1) is 15.5 Å². The molecular weight excluding hydrogens is 277 g/mol. The van der Waals surface area contributed by atoms with Gasteiger partial charge in [-0.2, -0.15) is 13.2 Å². The average molecular weight is 288 g/mol. The fourth-order valence-corrected chi connectivity index (χ4v) is 1.85. The van der Waals surface area contributed by atoms with Crippen molar-refractivity contribution in [2.24, 2.45) is 5.41 Å². The van der Waals surface area contributed by atoms with Crippen LogP contribution in [0.4, 0.5) is 18.9 Å². The van der Waals surface area contributed by atoms with Crippen molar-refractivity contribution in [1.29, 1.82) is 0 Å². The fourth-order valence-electron chi connectivity index (χ4n) is 1.85. The SMILES string of the molecule is O=C(NCc1ccc([N+](=O)[O-])cc1)C1(C(F)(F)F)CC1. The van der Waals surface area contributed by atoms with Crippen LogP contribution in [0.1, 0.15) is 18.4 Å². The minimum Gasteiger partial charge on any atom is -0.351 e. The summed E-state index contributed by atoms with van der Waals surface area (Å²) in [5.41, 5.74) is -1.86. The highest BCUT2D eigenvalue weighted by Crippen LogP contribution is 2.57. The number of nitro benzene ring substituents is 1. The Kier molecular flexibility index (Phi) is 3.41. The molecule has 8 heteroatoms. The first kappa shape index (κ1) is 14.3. The number of halogens is 3. The summed E-state index contributed by atoms with van der Waals surface area (Å²) in [6.45, 7) is -0.0886. The van der Waals surface area contributed by atoms with Crippen molar-refractivity contribution in [2.45, 2.75) is 25.6 Å². The molecule has 1 aromatic carbocycles. The number of carbonyl (C=O) groups is 1. The van der Waals surface area contributed by atoms with Gasteiger partial charge in [-0.1, -0.05) is 12.1 Å². The maximum atomic E-state index is 12.7. The van der Waals surface area contributed by atoms with Crippen LogP contribution in [0.15, 0.2) is 24.3 Å². The van der Waals surface area contributed by atoms with Crippen molar-refractivity contribution in [2.75, 3.05) is 0 Å². The van der Waals surface area contributed by atoms with Crippen molar-refractivity contribution >= 4 is 11.6 Å². The number of nitrogens with zero attached hydrogens (tertiary/aromatic N) is 1. The Hall–Kier alpha value is -2.12. The Labute approximate surface area is 111 Å². The molecule has 1 saturated carbocycles. The average Bonchev–Trinajstić information content (AvgIpc) is 3.17. The number of nitrogens with one attached hydrogen (secondary N) is 1. The minimum atomic E-state index is -4.54. The zero-order valence-electron chi connectivity index (χ0n) is 10.2. The van der Waals surface area contributed by atoms with Crippen LogP contribution < -0.4 is 5.32 Å². The van der Waals surface area contributed by atoms with Gasteiger partial charge >= 0.3 is 6.18 Å². The molecule has 0 aromatic heterocycles. The van der Waals surface area contributed by atoms with Gasteiger partial charge in [0.15, 0.2) is 0 Å². The van der Waals surface area contributed by atoms with Gasteiger partial charge in [-0.3, -0.25) is 14.9 Å². The van der Waals surface area contributed by atoms with Crippen LogP contribution in [-0.4, -0.2) is 17.0 Å². The second kappa shape index (κ2) is 4.77. The second-order valence-corrected chi connectivity index (χ2v) is 4.69. The molecular formula is C12H11F3N2O3. The Bertz CT molecular complexity index is 536. The standard InChI is InChI=1S/C12H11F3N2O3/c13-12(14,15)11(5-6-11)10(18)16-7-8-1-3-9(4-2-8)17(19)20/h1-4H,5-7H2,(H,16,18). The predicted molar refractivity (Wildman–Crippen MR) is 62.7 cm³/mol. The lowest BCUT2D eigenvalue weighted by Gasteiger charge is -2.18. The van der Waals surface area contributed by atoms with E-state index in [1.807, 2.05) is 0 Å². The van der Waals surface area contributed by atoms with Crippen LogP contribution in [0.3, 0.4) is 0 Å². The zero-order chi connectivity index (χ0) is 15.0. The largest absolute Gasteiger partial charge is 0.403 e. The van der Waals surface area contributed by atoms with Gasteiger partial charge in [0.05, 0.1) is 4.92 Å². The number of amides is 1. The van der Waals surface area contributed by atoms with E-state index in [0.29, 0.717) is 5.56 Å². The van der Waals surface area contributed by atoms with Gasteiger partial charge in [-0.25, -0.2) is 0 Å². The predicted octanol–water partition coefficient (Wildman–Crippen LogP) is 2.55. The lowest BCUT2D eigenvalue weighted by Crippen LogP contribution is -2.40. The molecule has 0 saturated heterocycles. The van der Waals surface area contributed by atoms with Gasteiger partial charge in [0.2, 0.25) is 5.91 Å². The maximum Gasteiger partial charge on any atom is 0.403 e. The van der Waals surface area contributed by atoms with E-state index in [1.165, 1.54) is 24.3 Å². The first-order valence-corrected chi connectivity index (χ1v) is 5.85. The Morgan fingerprint density at radius 2 is 1.85 bits per heavy atom. The summed E-state index contributed by atoms with van der Waals surface area (Å²) in [6, 6.07) is 5.26. The molecule has 0 heterocycles. The van der Waals surface area contributed by atoms with E-state index < -0.39 is 22.4 Å². The second-order valence-electron chi connectivity index (χ2n) is 4.69. The first-order chi connectivity index (χ1) is 9.26. The third-order valence-corrected chi connectivity index (χ3v) is 3.33. The number of nitro groups is 1. The molecule has 0 unspecified atom stereocenters. The Morgan fingerprint density at radius 3 is 2.25 bits per heavy atom. The molecule has 0 atom stereocenters. The van der Waals surface area contributed by atoms with Crippen LogP contribution in [-0.2, 0) is 11.3 Å². The van der Waals surface area contributed by atoms with E-state index in [9.17, 15) is 28.1 Å². The number of hydrogen-bond donors (Lipinski definition) is 1. The van der Waals surface area contributed by atoms with Crippen molar-refractivity contribution < 1.29 is 22.9 Å². The normalized spacial score (nSPS) is 16.6. The molecule has 0 aliphatic heterocycles. The molecule has 0 radical (unpaired) electrons. The summed E-state index contributed by atoms with van der Waals surface area (Å²) in [4.78, 5) is 21.4. The third-order valence-electron chi connectivity index (χ3n) is 3.33. The molecule has 5 nitrogen and oxygen atoms in total. The molecule has 1 N–H and O–H groups in total. The van der Waals surface area contributed by atoms with Crippen molar-refractivity contribution in [3.8, 4) is 0 Å². The summed E-state index contributed by atoms with van der Waals surface area (Å²) in [5, 5.41) is 12.7. The molecule has 108 valence electrons. The molecule has 1 aliphatic carbocycles. The highest BCUT2D eigenvalue weighted by molar-refractivity contribution is 5.86. The van der Waals surface area contributed by atoms with Gasteiger partial charge < -0.3 is 5.32 Å². The van der Waals surface area contributed by atoms with Crippen LogP contribution in [0.5, 0.6) is 0 Å². The van der Waals surface area contributed by atoms with Gasteiger partial charge in [0.25, 0.3) is 5.69 Å². The number of hydrogen-bond acceptors (Lipinski definition) is 3. The maximum absolute atomic E-state index is 12.7. The smallest absolute Gasteiger partial charge is 0.351 e. The lowest BCUT2D eigenvalue weighted by atomic mass is 10.1. The van der Waals surface area contributed by atoms with Gasteiger partial charge in [-0.15, -0.1) is 0 Å². The lowest BCUT2D eigenvalue weighted by molar-refractivity contribution is -0.384. The van der Waals surface area contributed by atoms with E-state index in [0.717, 1.165) is 0 Å². The number of benzene rings is 1. The number of rotatable bonds is 4. The van der Waals surface area contributed by atoms with E-state index >= 15 is 0 Å². The molecule has 20 heavy (non-hydrogen) atoms. The van der Waals surface area contributed by atoms with E-state index in [1.54, 1.807) is 0 Å². The summed E-state index contributed by atoms with van der Waals surface area (Å²) in [6.07, 6.45) is -4.92. The van der Waals surface area contributed by atoms with Gasteiger partial charge in [0, 0.05) is 18.7 Å². The Morgan fingerprint density at radius 1 is 1.30 bits per heavy atom. The van der Waals surface area contributed by atoms with E-state index in [4.69, 9.17) is 0 Å². The number of non-ortho nitro benzene ring substituents is 1. The van der Waals surface area contributed by atoms with E-state index in [2.05, 4.69) is 5.32 Å².